The number of carbonyl (C=O) groups is 1. The van der Waals surface area contributed by atoms with E-state index in [1.165, 1.54) is 32.1 Å². The Kier molecular flexibility index (Phi) is 5.49. The fourth-order valence-corrected chi connectivity index (χ4v) is 3.59. The number of carbonyl (C=O) groups excluding carboxylic acids is 1. The van der Waals surface area contributed by atoms with Crippen LogP contribution in [-0.4, -0.2) is 22.1 Å². The van der Waals surface area contributed by atoms with E-state index in [0.717, 1.165) is 28.6 Å². The third-order valence-corrected chi connectivity index (χ3v) is 4.93. The van der Waals surface area contributed by atoms with Crippen LogP contribution in [0.2, 0.25) is 0 Å². The molecule has 23 heavy (non-hydrogen) atoms. The normalized spacial score (nSPS) is 16.6. The first-order chi connectivity index (χ1) is 11.2. The lowest BCUT2D eigenvalue weighted by molar-refractivity contribution is 0.0931. The summed E-state index contributed by atoms with van der Waals surface area (Å²) in [7, 11) is 0. The summed E-state index contributed by atoms with van der Waals surface area (Å²) < 4.78 is 0.982. The van der Waals surface area contributed by atoms with Crippen molar-refractivity contribution in [2.75, 3.05) is 0 Å². The summed E-state index contributed by atoms with van der Waals surface area (Å²) in [4.78, 5) is 12.7. The average molecular weight is 376 g/mol. The smallest absolute Gasteiger partial charge is 0.255 e. The summed E-state index contributed by atoms with van der Waals surface area (Å²) in [5.41, 5.74) is 2.35. The highest BCUT2D eigenvalue weighted by molar-refractivity contribution is 9.10. The van der Waals surface area contributed by atoms with E-state index in [9.17, 15) is 4.79 Å². The Balaban J connectivity index is 1.74. The second-order valence-corrected chi connectivity index (χ2v) is 7.10. The fraction of sp³-hybridized carbons (Fsp3) is 0.444. The molecule has 1 aromatic heterocycles. The van der Waals surface area contributed by atoms with Gasteiger partial charge in [0.25, 0.3) is 5.91 Å². The van der Waals surface area contributed by atoms with Crippen LogP contribution >= 0.6 is 15.9 Å². The van der Waals surface area contributed by atoms with Gasteiger partial charge < -0.3 is 5.32 Å². The number of hydrogen-bond acceptors (Lipinski definition) is 2. The number of halogens is 1. The maximum Gasteiger partial charge on any atom is 0.255 e. The molecule has 1 aliphatic rings. The molecular formula is C18H22BrN3O. The fourth-order valence-electron chi connectivity index (χ4n) is 3.19. The highest BCUT2D eigenvalue weighted by atomic mass is 79.9. The van der Waals surface area contributed by atoms with Gasteiger partial charge in [-0.15, -0.1) is 0 Å². The lowest BCUT2D eigenvalue weighted by Crippen LogP contribution is -2.35. The molecule has 0 radical (unpaired) electrons. The van der Waals surface area contributed by atoms with Crippen LogP contribution in [0.15, 0.2) is 34.9 Å². The van der Waals surface area contributed by atoms with Crippen LogP contribution in [0.1, 0.15) is 55.3 Å². The van der Waals surface area contributed by atoms with Crippen LogP contribution in [0.4, 0.5) is 0 Å². The number of amides is 1. The number of hydrogen-bond donors (Lipinski definition) is 2. The van der Waals surface area contributed by atoms with Gasteiger partial charge in [0.1, 0.15) is 0 Å². The largest absolute Gasteiger partial charge is 0.349 e. The molecule has 0 saturated heterocycles. The molecule has 3 rings (SSSR count). The average Bonchev–Trinajstić information content (AvgIpc) is 2.99. The number of aromatic nitrogens is 2. The molecular weight excluding hydrogens is 354 g/mol. The first-order valence-corrected chi connectivity index (χ1v) is 9.13. The van der Waals surface area contributed by atoms with Crippen LogP contribution in [-0.2, 0) is 0 Å². The lowest BCUT2D eigenvalue weighted by Gasteiger charge is -2.21. The molecule has 0 bridgehead atoms. The van der Waals surface area contributed by atoms with Crippen LogP contribution < -0.4 is 5.32 Å². The first-order valence-electron chi connectivity index (χ1n) is 8.34. The van der Waals surface area contributed by atoms with Crippen molar-refractivity contribution >= 4 is 21.8 Å². The highest BCUT2D eigenvalue weighted by Gasteiger charge is 2.19. The van der Waals surface area contributed by atoms with Crippen molar-refractivity contribution in [2.45, 2.75) is 51.0 Å². The van der Waals surface area contributed by atoms with E-state index < -0.39 is 0 Å². The van der Waals surface area contributed by atoms with Gasteiger partial charge in [0, 0.05) is 16.1 Å². The predicted molar refractivity (Wildman–Crippen MR) is 95.3 cm³/mol. The van der Waals surface area contributed by atoms with Gasteiger partial charge >= 0.3 is 0 Å². The van der Waals surface area contributed by atoms with E-state index >= 15 is 0 Å². The van der Waals surface area contributed by atoms with Gasteiger partial charge in [0.05, 0.1) is 17.5 Å². The number of nitrogens with one attached hydrogen (secondary N) is 2. The van der Waals surface area contributed by atoms with E-state index in [0.29, 0.717) is 5.56 Å². The summed E-state index contributed by atoms with van der Waals surface area (Å²) in [6.07, 6.45) is 10.1. The molecule has 1 amide bonds. The number of nitrogens with zero attached hydrogens (tertiary/aromatic N) is 1. The van der Waals surface area contributed by atoms with Gasteiger partial charge in [-0.2, -0.15) is 5.10 Å². The molecule has 1 aromatic carbocycles. The van der Waals surface area contributed by atoms with Gasteiger partial charge in [-0.1, -0.05) is 60.2 Å². The minimum Gasteiger partial charge on any atom is -0.349 e. The van der Waals surface area contributed by atoms with E-state index in [1.807, 2.05) is 24.3 Å². The van der Waals surface area contributed by atoms with Crippen molar-refractivity contribution in [1.82, 2.24) is 15.5 Å². The number of H-pyrrole nitrogens is 1. The number of rotatable bonds is 3. The van der Waals surface area contributed by atoms with E-state index in [4.69, 9.17) is 0 Å². The minimum atomic E-state index is -0.0284. The molecule has 0 atom stereocenters. The topological polar surface area (TPSA) is 57.8 Å². The molecule has 4 nitrogen and oxygen atoms in total. The predicted octanol–water partition coefficient (Wildman–Crippen LogP) is 4.68. The van der Waals surface area contributed by atoms with Crippen LogP contribution in [0, 0.1) is 0 Å². The molecule has 2 N–H and O–H groups in total. The molecule has 2 aromatic rings. The van der Waals surface area contributed by atoms with Gasteiger partial charge in [0.15, 0.2) is 0 Å². The van der Waals surface area contributed by atoms with Crippen LogP contribution in [0.25, 0.3) is 11.3 Å². The standard InChI is InChI=1S/C18H22BrN3O/c19-14-8-6-7-13(11-14)17-16(12-20-22-17)18(23)21-15-9-4-2-1-3-5-10-15/h6-8,11-12,15H,1-5,9-10H2,(H,20,22)(H,21,23). The zero-order valence-corrected chi connectivity index (χ0v) is 14.7. The first kappa shape index (κ1) is 16.2. The van der Waals surface area contributed by atoms with Crippen molar-refractivity contribution in [3.05, 3.63) is 40.5 Å². The van der Waals surface area contributed by atoms with Crippen molar-refractivity contribution < 1.29 is 4.79 Å². The third-order valence-electron chi connectivity index (χ3n) is 4.44. The molecule has 1 heterocycles. The molecule has 0 unspecified atom stereocenters. The third kappa shape index (κ3) is 4.22. The summed E-state index contributed by atoms with van der Waals surface area (Å²) in [5.74, 6) is -0.0284. The summed E-state index contributed by atoms with van der Waals surface area (Å²) in [6.45, 7) is 0. The SMILES string of the molecule is O=C(NC1CCCCCCC1)c1cn[nH]c1-c1cccc(Br)c1. The minimum absolute atomic E-state index is 0.0284. The quantitative estimate of drug-likeness (QED) is 0.817. The van der Waals surface area contributed by atoms with Crippen LogP contribution in [0.5, 0.6) is 0 Å². The van der Waals surface area contributed by atoms with Gasteiger partial charge in [0.2, 0.25) is 0 Å². The van der Waals surface area contributed by atoms with Gasteiger partial charge in [-0.25, -0.2) is 0 Å². The second kappa shape index (κ2) is 7.77. The van der Waals surface area contributed by atoms with E-state index in [-0.39, 0.29) is 11.9 Å². The van der Waals surface area contributed by atoms with Crippen LogP contribution in [0.3, 0.4) is 0 Å². The Hall–Kier alpha value is -1.62. The van der Waals surface area contributed by atoms with Gasteiger partial charge in [-0.3, -0.25) is 9.89 Å². The van der Waals surface area contributed by atoms with Crippen molar-refractivity contribution in [3.8, 4) is 11.3 Å². The number of benzene rings is 1. The van der Waals surface area contributed by atoms with Gasteiger partial charge in [-0.05, 0) is 25.0 Å². The summed E-state index contributed by atoms with van der Waals surface area (Å²) >= 11 is 3.47. The van der Waals surface area contributed by atoms with Crippen molar-refractivity contribution in [3.63, 3.8) is 0 Å². The Morgan fingerprint density at radius 1 is 1.17 bits per heavy atom. The Morgan fingerprint density at radius 3 is 2.65 bits per heavy atom. The summed E-state index contributed by atoms with van der Waals surface area (Å²) in [6, 6.07) is 8.17. The number of aromatic amines is 1. The zero-order chi connectivity index (χ0) is 16.1. The molecule has 0 aliphatic heterocycles. The Morgan fingerprint density at radius 2 is 1.91 bits per heavy atom. The molecule has 1 saturated carbocycles. The van der Waals surface area contributed by atoms with Crippen molar-refractivity contribution in [2.24, 2.45) is 0 Å². The zero-order valence-electron chi connectivity index (χ0n) is 13.1. The maximum atomic E-state index is 12.7. The Labute approximate surface area is 145 Å². The second-order valence-electron chi connectivity index (χ2n) is 6.18. The van der Waals surface area contributed by atoms with E-state index in [1.54, 1.807) is 6.20 Å². The summed E-state index contributed by atoms with van der Waals surface area (Å²) in [5, 5.41) is 10.2. The van der Waals surface area contributed by atoms with E-state index in [2.05, 4.69) is 31.4 Å². The molecule has 122 valence electrons. The molecule has 5 heteroatoms. The Bertz CT molecular complexity index is 660. The maximum absolute atomic E-state index is 12.7. The molecule has 0 spiro atoms. The van der Waals surface area contributed by atoms with Crippen molar-refractivity contribution in [1.29, 1.82) is 0 Å². The lowest BCUT2D eigenvalue weighted by atomic mass is 9.96. The highest BCUT2D eigenvalue weighted by Crippen LogP contribution is 2.25. The monoisotopic (exact) mass is 375 g/mol. The molecule has 1 aliphatic carbocycles. The molecule has 1 fully saturated rings.